The molecule has 0 saturated carbocycles. The van der Waals surface area contributed by atoms with Crippen molar-refractivity contribution in [1.82, 2.24) is 0 Å². The van der Waals surface area contributed by atoms with Crippen molar-refractivity contribution in [2.45, 2.75) is 61.4 Å². The summed E-state index contributed by atoms with van der Waals surface area (Å²) < 4.78 is 15.3. The number of ether oxygens (including phenoxy) is 3. The zero-order valence-corrected chi connectivity index (χ0v) is 17.1. The predicted octanol–water partition coefficient (Wildman–Crippen LogP) is -4.31. The van der Waals surface area contributed by atoms with E-state index in [1.807, 2.05) is 0 Å². The van der Waals surface area contributed by atoms with Crippen LogP contribution in [0.1, 0.15) is 10.4 Å². The Hall–Kier alpha value is -1.95. The molecule has 188 valence electrons. The van der Waals surface area contributed by atoms with Crippen LogP contribution in [0.25, 0.3) is 0 Å². The topological polar surface area (TPSA) is 247 Å². The molecule has 2 aliphatic heterocycles. The number of hydrogen-bond donors (Lipinski definition) is 10. The second kappa shape index (κ2) is 12.0. The average Bonchev–Trinajstić information content (AvgIpc) is 2.79. The van der Waals surface area contributed by atoms with Gasteiger partial charge in [-0.2, -0.15) is 0 Å². The van der Waals surface area contributed by atoms with Gasteiger partial charge in [0, 0.05) is 0 Å². The molecule has 14 heteroatoms. The highest BCUT2D eigenvalue weighted by atomic mass is 16.7. The lowest BCUT2D eigenvalue weighted by Gasteiger charge is -2.45. The lowest BCUT2D eigenvalue weighted by atomic mass is 9.97. The van der Waals surface area contributed by atoms with E-state index in [0.29, 0.717) is 0 Å². The van der Waals surface area contributed by atoms with Gasteiger partial charge in [0.15, 0.2) is 12.6 Å². The first kappa shape index (κ1) is 27.3. The first-order chi connectivity index (χ1) is 15.5. The van der Waals surface area contributed by atoms with Crippen LogP contribution in [0.15, 0.2) is 24.3 Å². The van der Waals surface area contributed by atoms with Gasteiger partial charge in [0.1, 0.15) is 60.1 Å². The maximum atomic E-state index is 10.3. The summed E-state index contributed by atoms with van der Waals surface area (Å²) in [6.07, 6.45) is -15.6. The van der Waals surface area contributed by atoms with E-state index in [-0.39, 0.29) is 11.3 Å². The molecule has 2 aliphatic rings. The van der Waals surface area contributed by atoms with Gasteiger partial charge in [-0.05, 0) is 12.1 Å². The molecule has 3 rings (SSSR count). The minimum atomic E-state index is -1.74. The van der Waals surface area contributed by atoms with E-state index in [1.54, 1.807) is 12.1 Å². The number of hydrogen-bond acceptors (Lipinski definition) is 13. The monoisotopic (exact) mass is 480 g/mol. The minimum absolute atomic E-state index is 0.0671. The van der Waals surface area contributed by atoms with Crippen molar-refractivity contribution < 1.29 is 70.1 Å². The third-order valence-corrected chi connectivity index (χ3v) is 5.11. The van der Waals surface area contributed by atoms with Crippen molar-refractivity contribution in [3.63, 3.8) is 0 Å². The Morgan fingerprint density at radius 3 is 1.94 bits per heavy atom. The number of phenols is 1. The van der Waals surface area contributed by atoms with Gasteiger partial charge in [-0.25, -0.2) is 4.79 Å². The molecule has 1 aromatic carbocycles. The van der Waals surface area contributed by atoms with E-state index in [4.69, 9.17) is 29.5 Å². The van der Waals surface area contributed by atoms with Crippen molar-refractivity contribution in [3.05, 3.63) is 29.8 Å². The van der Waals surface area contributed by atoms with Crippen LogP contribution in [0.5, 0.6) is 5.75 Å². The van der Waals surface area contributed by atoms with Crippen LogP contribution >= 0.6 is 0 Å². The van der Waals surface area contributed by atoms with E-state index in [9.17, 15) is 40.5 Å². The van der Waals surface area contributed by atoms with E-state index in [0.717, 1.165) is 0 Å². The molecule has 0 spiro atoms. The number of benzene rings is 1. The van der Waals surface area contributed by atoms with Gasteiger partial charge in [0.25, 0.3) is 0 Å². The Bertz CT molecular complexity index is 758. The molecule has 0 amide bonds. The van der Waals surface area contributed by atoms with Gasteiger partial charge in [-0.3, -0.25) is 0 Å². The quantitative estimate of drug-likeness (QED) is 0.192. The van der Waals surface area contributed by atoms with Crippen molar-refractivity contribution >= 4 is 5.97 Å². The molecule has 10 atom stereocenters. The number of aliphatic hydroxyl groups is 8. The third kappa shape index (κ3) is 6.34. The molecule has 33 heavy (non-hydrogen) atoms. The highest BCUT2D eigenvalue weighted by Crippen LogP contribution is 2.28. The number of aliphatic hydroxyl groups excluding tert-OH is 8. The lowest BCUT2D eigenvalue weighted by molar-refractivity contribution is -0.355. The first-order valence-corrected chi connectivity index (χ1v) is 9.81. The number of carbonyl (C=O) groups is 1. The van der Waals surface area contributed by atoms with Crippen LogP contribution in [0.4, 0.5) is 0 Å². The molecule has 2 saturated heterocycles. The van der Waals surface area contributed by atoms with Crippen LogP contribution in [0.2, 0.25) is 0 Å². The minimum Gasteiger partial charge on any atom is -0.507 e. The zero-order chi connectivity index (χ0) is 24.9. The SMILES string of the molecule is O=C(O)c1ccccc1O.OC[C@H]1O[C@@H](O[C@H]2[C@H](O)[C@@H](O)C(O)O[C@@H]2CO)[C@H](O)[C@@H](O)[C@H]1O. The second-order valence-corrected chi connectivity index (χ2v) is 7.35. The molecular formula is C19H28O14. The van der Waals surface area contributed by atoms with Gasteiger partial charge in [0.2, 0.25) is 0 Å². The summed E-state index contributed by atoms with van der Waals surface area (Å²) in [5, 5.41) is 93.8. The Morgan fingerprint density at radius 1 is 0.818 bits per heavy atom. The predicted molar refractivity (Wildman–Crippen MR) is 104 cm³/mol. The number of aromatic carboxylic acids is 1. The summed E-state index contributed by atoms with van der Waals surface area (Å²) in [4.78, 5) is 10.3. The summed E-state index contributed by atoms with van der Waals surface area (Å²) in [5.74, 6) is -1.31. The molecule has 0 aromatic heterocycles. The summed E-state index contributed by atoms with van der Waals surface area (Å²) in [5.41, 5.74) is -0.0671. The van der Waals surface area contributed by atoms with E-state index in [2.05, 4.69) is 0 Å². The summed E-state index contributed by atoms with van der Waals surface area (Å²) in [7, 11) is 0. The Morgan fingerprint density at radius 2 is 1.42 bits per heavy atom. The fourth-order valence-corrected chi connectivity index (χ4v) is 3.22. The third-order valence-electron chi connectivity index (χ3n) is 5.11. The van der Waals surface area contributed by atoms with Crippen LogP contribution in [0.3, 0.4) is 0 Å². The second-order valence-electron chi connectivity index (χ2n) is 7.35. The molecule has 1 unspecified atom stereocenters. The maximum absolute atomic E-state index is 10.3. The Labute approximate surface area is 187 Å². The highest BCUT2D eigenvalue weighted by molar-refractivity contribution is 5.90. The largest absolute Gasteiger partial charge is 0.507 e. The van der Waals surface area contributed by atoms with Gasteiger partial charge in [0.05, 0.1) is 13.2 Å². The fraction of sp³-hybridized carbons (Fsp3) is 0.632. The summed E-state index contributed by atoms with van der Waals surface area (Å²) >= 11 is 0. The van der Waals surface area contributed by atoms with Crippen LogP contribution in [-0.4, -0.2) is 132 Å². The maximum Gasteiger partial charge on any atom is 0.339 e. The standard InChI is InChI=1S/C12H22O11.C7H6O3/c13-1-3-5(15)6(16)9(19)12(22-3)23-10-4(2-14)21-11(20)8(18)7(10)17;8-6-4-2-1-3-5(6)7(9)10/h3-20H,1-2H2;1-4,8H,(H,9,10)/t3-,4-,5+,6+,7-,8-,9-,10-,11?,12+;/m1./s1. The van der Waals surface area contributed by atoms with Gasteiger partial charge in [-0.1, -0.05) is 12.1 Å². The summed E-state index contributed by atoms with van der Waals surface area (Å²) in [6, 6.07) is 5.81. The molecule has 0 radical (unpaired) electrons. The van der Waals surface area contributed by atoms with Gasteiger partial charge in [-0.15, -0.1) is 0 Å². The molecule has 1 aromatic rings. The normalized spacial score (nSPS) is 38.8. The van der Waals surface area contributed by atoms with Crippen LogP contribution in [-0.2, 0) is 14.2 Å². The van der Waals surface area contributed by atoms with Crippen molar-refractivity contribution in [1.29, 1.82) is 0 Å². The molecule has 2 heterocycles. The summed E-state index contributed by atoms with van der Waals surface area (Å²) in [6.45, 7) is -1.35. The molecule has 10 N–H and O–H groups in total. The smallest absolute Gasteiger partial charge is 0.339 e. The van der Waals surface area contributed by atoms with Crippen LogP contribution < -0.4 is 0 Å². The van der Waals surface area contributed by atoms with Gasteiger partial charge < -0.3 is 65.3 Å². The molecule has 0 aliphatic carbocycles. The zero-order valence-electron chi connectivity index (χ0n) is 17.1. The van der Waals surface area contributed by atoms with E-state index < -0.39 is 80.6 Å². The van der Waals surface area contributed by atoms with Gasteiger partial charge >= 0.3 is 5.97 Å². The lowest BCUT2D eigenvalue weighted by Crippen LogP contribution is -2.64. The molecule has 0 bridgehead atoms. The van der Waals surface area contributed by atoms with Crippen LogP contribution in [0, 0.1) is 0 Å². The highest BCUT2D eigenvalue weighted by Gasteiger charge is 2.50. The van der Waals surface area contributed by atoms with Crippen molar-refractivity contribution in [3.8, 4) is 5.75 Å². The first-order valence-electron chi connectivity index (χ1n) is 9.81. The number of rotatable bonds is 5. The molecule has 14 nitrogen and oxygen atoms in total. The molecular weight excluding hydrogens is 452 g/mol. The number of carboxylic acids is 1. The Kier molecular flexibility index (Phi) is 9.89. The van der Waals surface area contributed by atoms with Crippen molar-refractivity contribution in [2.24, 2.45) is 0 Å². The number of aromatic hydroxyl groups is 1. The Balaban J connectivity index is 0.000000321. The van der Waals surface area contributed by atoms with E-state index >= 15 is 0 Å². The van der Waals surface area contributed by atoms with E-state index in [1.165, 1.54) is 12.1 Å². The average molecular weight is 480 g/mol. The molecule has 2 fully saturated rings. The number of carboxylic acid groups (broad SMARTS) is 1. The number of para-hydroxylation sites is 1. The fourth-order valence-electron chi connectivity index (χ4n) is 3.22. The van der Waals surface area contributed by atoms with Crippen molar-refractivity contribution in [2.75, 3.05) is 13.2 Å².